The Morgan fingerprint density at radius 2 is 2.07 bits per heavy atom. The van der Waals surface area contributed by atoms with Crippen molar-refractivity contribution in [2.75, 3.05) is 31.5 Å². The molecule has 1 aliphatic heterocycles. The standard InChI is InChI=1S/C13H20N2/c1-12-5-4-6-13(11-12)14-7-10-15-8-2-3-9-15/h4-6,11,14H,2-3,7-10H2,1H3. The molecule has 0 radical (unpaired) electrons. The fourth-order valence-electron chi connectivity index (χ4n) is 2.12. The highest BCUT2D eigenvalue weighted by Crippen LogP contribution is 2.10. The van der Waals surface area contributed by atoms with Crippen LogP contribution < -0.4 is 5.32 Å². The third-order valence-corrected chi connectivity index (χ3v) is 2.97. The molecule has 1 aromatic rings. The topological polar surface area (TPSA) is 15.3 Å². The average Bonchev–Trinajstić information content (AvgIpc) is 2.71. The first-order valence-electron chi connectivity index (χ1n) is 5.87. The molecule has 0 saturated carbocycles. The quantitative estimate of drug-likeness (QED) is 0.810. The molecule has 15 heavy (non-hydrogen) atoms. The summed E-state index contributed by atoms with van der Waals surface area (Å²) in [5, 5.41) is 3.47. The number of aryl methyl sites for hydroxylation is 1. The molecule has 2 heteroatoms. The average molecular weight is 204 g/mol. The van der Waals surface area contributed by atoms with Gasteiger partial charge in [-0.1, -0.05) is 12.1 Å². The largest absolute Gasteiger partial charge is 0.384 e. The summed E-state index contributed by atoms with van der Waals surface area (Å²) < 4.78 is 0. The van der Waals surface area contributed by atoms with Gasteiger partial charge in [-0.05, 0) is 50.6 Å². The molecule has 0 atom stereocenters. The van der Waals surface area contributed by atoms with Gasteiger partial charge in [-0.15, -0.1) is 0 Å². The predicted molar refractivity (Wildman–Crippen MR) is 65.3 cm³/mol. The van der Waals surface area contributed by atoms with Crippen molar-refractivity contribution in [1.82, 2.24) is 4.90 Å². The number of hydrogen-bond acceptors (Lipinski definition) is 2. The molecule has 2 nitrogen and oxygen atoms in total. The van der Waals surface area contributed by atoms with Gasteiger partial charge in [0.05, 0.1) is 0 Å². The Labute approximate surface area is 92.3 Å². The number of nitrogens with zero attached hydrogens (tertiary/aromatic N) is 1. The number of nitrogens with one attached hydrogen (secondary N) is 1. The van der Waals surface area contributed by atoms with Crippen LogP contribution in [0.25, 0.3) is 0 Å². The predicted octanol–water partition coefficient (Wildman–Crippen LogP) is 2.50. The molecule has 1 N–H and O–H groups in total. The molecule has 0 unspecified atom stereocenters. The molecular formula is C13H20N2. The van der Waals surface area contributed by atoms with Crippen molar-refractivity contribution in [3.8, 4) is 0 Å². The minimum atomic E-state index is 1.06. The number of anilines is 1. The minimum absolute atomic E-state index is 1.06. The van der Waals surface area contributed by atoms with Crippen LogP contribution >= 0.6 is 0 Å². The summed E-state index contributed by atoms with van der Waals surface area (Å²) in [6.45, 7) is 6.94. The number of hydrogen-bond donors (Lipinski definition) is 1. The summed E-state index contributed by atoms with van der Waals surface area (Å²) in [6, 6.07) is 8.57. The summed E-state index contributed by atoms with van der Waals surface area (Å²) in [5.41, 5.74) is 2.57. The molecule has 2 rings (SSSR count). The van der Waals surface area contributed by atoms with Crippen LogP contribution in [0.5, 0.6) is 0 Å². The lowest BCUT2D eigenvalue weighted by Crippen LogP contribution is -2.25. The van der Waals surface area contributed by atoms with Gasteiger partial charge >= 0.3 is 0 Å². The molecular weight excluding hydrogens is 184 g/mol. The number of benzene rings is 1. The molecule has 0 spiro atoms. The van der Waals surface area contributed by atoms with Crippen LogP contribution in [0.2, 0.25) is 0 Å². The highest BCUT2D eigenvalue weighted by Gasteiger charge is 2.09. The summed E-state index contributed by atoms with van der Waals surface area (Å²) in [7, 11) is 0. The van der Waals surface area contributed by atoms with E-state index in [0.29, 0.717) is 0 Å². The van der Waals surface area contributed by atoms with E-state index in [1.165, 1.54) is 43.7 Å². The van der Waals surface area contributed by atoms with Gasteiger partial charge in [0.25, 0.3) is 0 Å². The zero-order chi connectivity index (χ0) is 10.5. The molecule has 1 fully saturated rings. The first-order chi connectivity index (χ1) is 7.34. The van der Waals surface area contributed by atoms with Crippen LogP contribution in [0.1, 0.15) is 18.4 Å². The van der Waals surface area contributed by atoms with Gasteiger partial charge in [0.1, 0.15) is 0 Å². The first-order valence-corrected chi connectivity index (χ1v) is 5.87. The van der Waals surface area contributed by atoms with Crippen LogP contribution in [-0.4, -0.2) is 31.1 Å². The monoisotopic (exact) mass is 204 g/mol. The SMILES string of the molecule is Cc1cccc(NCCN2CCCC2)c1. The molecule has 0 aromatic heterocycles. The Morgan fingerprint density at radius 3 is 2.80 bits per heavy atom. The van der Waals surface area contributed by atoms with Crippen LogP contribution in [0, 0.1) is 6.92 Å². The maximum absolute atomic E-state index is 3.47. The molecule has 0 aliphatic carbocycles. The highest BCUT2D eigenvalue weighted by molar-refractivity contribution is 5.45. The smallest absolute Gasteiger partial charge is 0.0343 e. The summed E-state index contributed by atoms with van der Waals surface area (Å²) in [5.74, 6) is 0. The van der Waals surface area contributed by atoms with Crippen molar-refractivity contribution in [1.29, 1.82) is 0 Å². The van der Waals surface area contributed by atoms with E-state index >= 15 is 0 Å². The van der Waals surface area contributed by atoms with Gasteiger partial charge in [-0.3, -0.25) is 0 Å². The second-order valence-corrected chi connectivity index (χ2v) is 4.35. The van der Waals surface area contributed by atoms with Gasteiger partial charge < -0.3 is 10.2 Å². The van der Waals surface area contributed by atoms with Crippen LogP contribution in [0.15, 0.2) is 24.3 Å². The molecule has 1 heterocycles. The molecule has 82 valence electrons. The van der Waals surface area contributed by atoms with Crippen molar-refractivity contribution in [2.24, 2.45) is 0 Å². The van der Waals surface area contributed by atoms with E-state index < -0.39 is 0 Å². The number of likely N-dealkylation sites (tertiary alicyclic amines) is 1. The van der Waals surface area contributed by atoms with Gasteiger partial charge in [-0.2, -0.15) is 0 Å². The summed E-state index contributed by atoms with van der Waals surface area (Å²) in [4.78, 5) is 2.53. The van der Waals surface area contributed by atoms with Crippen LogP contribution in [0.4, 0.5) is 5.69 Å². The zero-order valence-corrected chi connectivity index (χ0v) is 9.50. The third-order valence-electron chi connectivity index (χ3n) is 2.97. The van der Waals surface area contributed by atoms with E-state index in [0.717, 1.165) is 6.54 Å². The van der Waals surface area contributed by atoms with E-state index in [2.05, 4.69) is 41.4 Å². The maximum atomic E-state index is 3.47. The van der Waals surface area contributed by atoms with Crippen molar-refractivity contribution in [3.63, 3.8) is 0 Å². The highest BCUT2D eigenvalue weighted by atomic mass is 15.1. The maximum Gasteiger partial charge on any atom is 0.0343 e. The van der Waals surface area contributed by atoms with Crippen molar-refractivity contribution >= 4 is 5.69 Å². The lowest BCUT2D eigenvalue weighted by molar-refractivity contribution is 0.352. The Kier molecular flexibility index (Phi) is 3.62. The summed E-state index contributed by atoms with van der Waals surface area (Å²) in [6.07, 6.45) is 2.76. The fraction of sp³-hybridized carbons (Fsp3) is 0.538. The molecule has 1 aromatic carbocycles. The van der Waals surface area contributed by atoms with E-state index in [1.54, 1.807) is 0 Å². The van der Waals surface area contributed by atoms with Crippen LogP contribution in [-0.2, 0) is 0 Å². The van der Waals surface area contributed by atoms with E-state index in [-0.39, 0.29) is 0 Å². The van der Waals surface area contributed by atoms with Gasteiger partial charge in [-0.25, -0.2) is 0 Å². The lowest BCUT2D eigenvalue weighted by atomic mass is 10.2. The van der Waals surface area contributed by atoms with Crippen molar-refractivity contribution in [3.05, 3.63) is 29.8 Å². The second-order valence-electron chi connectivity index (χ2n) is 4.35. The second kappa shape index (κ2) is 5.17. The Balaban J connectivity index is 1.73. The fourth-order valence-corrected chi connectivity index (χ4v) is 2.12. The Bertz CT molecular complexity index is 303. The van der Waals surface area contributed by atoms with Gasteiger partial charge in [0.15, 0.2) is 0 Å². The van der Waals surface area contributed by atoms with Crippen molar-refractivity contribution in [2.45, 2.75) is 19.8 Å². The Morgan fingerprint density at radius 1 is 1.27 bits per heavy atom. The minimum Gasteiger partial charge on any atom is -0.384 e. The molecule has 1 saturated heterocycles. The van der Waals surface area contributed by atoms with Gasteiger partial charge in [0, 0.05) is 18.8 Å². The summed E-state index contributed by atoms with van der Waals surface area (Å²) >= 11 is 0. The Hall–Kier alpha value is -1.02. The van der Waals surface area contributed by atoms with E-state index in [1.807, 2.05) is 0 Å². The molecule has 0 amide bonds. The molecule has 1 aliphatic rings. The van der Waals surface area contributed by atoms with Crippen LogP contribution in [0.3, 0.4) is 0 Å². The molecule has 0 bridgehead atoms. The van der Waals surface area contributed by atoms with E-state index in [4.69, 9.17) is 0 Å². The first kappa shape index (κ1) is 10.5. The number of rotatable bonds is 4. The zero-order valence-electron chi connectivity index (χ0n) is 9.50. The van der Waals surface area contributed by atoms with Gasteiger partial charge in [0.2, 0.25) is 0 Å². The third kappa shape index (κ3) is 3.24. The van der Waals surface area contributed by atoms with E-state index in [9.17, 15) is 0 Å². The lowest BCUT2D eigenvalue weighted by Gasteiger charge is -2.15. The van der Waals surface area contributed by atoms with Crippen molar-refractivity contribution < 1.29 is 0 Å². The normalized spacial score (nSPS) is 16.9.